The summed E-state index contributed by atoms with van der Waals surface area (Å²) >= 11 is 0. The summed E-state index contributed by atoms with van der Waals surface area (Å²) in [5, 5.41) is 11.9. The summed E-state index contributed by atoms with van der Waals surface area (Å²) in [4.78, 5) is 23.7. The molecular weight excluding hydrogens is 382 g/mol. The van der Waals surface area contributed by atoms with Crippen LogP contribution in [0, 0.1) is 0 Å². The normalized spacial score (nSPS) is 19.3. The molecule has 30 heavy (non-hydrogen) atoms. The minimum Gasteiger partial charge on any atom is -0.493 e. The molecule has 1 aromatic rings. The molecule has 1 saturated heterocycles. The lowest BCUT2D eigenvalue weighted by Gasteiger charge is -2.51. The number of ketones is 2. The van der Waals surface area contributed by atoms with Crippen LogP contribution in [0.2, 0.25) is 0 Å². The molecule has 1 heterocycles. The Morgan fingerprint density at radius 2 is 1.80 bits per heavy atom. The van der Waals surface area contributed by atoms with Crippen LogP contribution in [0.15, 0.2) is 36.4 Å². The van der Waals surface area contributed by atoms with Gasteiger partial charge >= 0.3 is 0 Å². The Hall–Kier alpha value is -2.44. The van der Waals surface area contributed by atoms with Gasteiger partial charge in [-0.3, -0.25) is 9.59 Å². The van der Waals surface area contributed by atoms with Gasteiger partial charge in [-0.2, -0.15) is 5.06 Å². The van der Waals surface area contributed by atoms with Crippen LogP contribution >= 0.6 is 0 Å². The summed E-state index contributed by atoms with van der Waals surface area (Å²) in [5.74, 6) is 0.166. The summed E-state index contributed by atoms with van der Waals surface area (Å²) in [7, 11) is 1.57. The van der Waals surface area contributed by atoms with Crippen LogP contribution in [0.5, 0.6) is 11.5 Å². The molecule has 0 aliphatic carbocycles. The molecule has 1 aliphatic rings. The molecular formula is C24H33NO5. The molecule has 0 saturated carbocycles. The Morgan fingerprint density at radius 1 is 1.17 bits per heavy atom. The summed E-state index contributed by atoms with van der Waals surface area (Å²) in [5.41, 5.74) is -0.135. The van der Waals surface area contributed by atoms with Gasteiger partial charge in [-0.05, 0) is 58.4 Å². The van der Waals surface area contributed by atoms with Crippen molar-refractivity contribution in [3.05, 3.63) is 42.0 Å². The van der Waals surface area contributed by atoms with Crippen LogP contribution in [0.1, 0.15) is 59.4 Å². The minimum atomic E-state index is -0.537. The lowest BCUT2D eigenvalue weighted by Crippen LogP contribution is -2.61. The highest BCUT2D eigenvalue weighted by Gasteiger charge is 2.46. The van der Waals surface area contributed by atoms with Crippen molar-refractivity contribution in [3.8, 4) is 11.5 Å². The number of hydrogen-bond acceptors (Lipinski definition) is 6. The highest BCUT2D eigenvalue weighted by atomic mass is 16.5. The number of piperidine rings is 1. The number of carbonyl (C=O) groups is 2. The minimum absolute atomic E-state index is 0.103. The van der Waals surface area contributed by atoms with Gasteiger partial charge in [0.15, 0.2) is 11.5 Å². The van der Waals surface area contributed by atoms with E-state index in [0.29, 0.717) is 24.3 Å². The average molecular weight is 416 g/mol. The van der Waals surface area contributed by atoms with E-state index in [1.165, 1.54) is 11.1 Å². The predicted octanol–water partition coefficient (Wildman–Crippen LogP) is 4.60. The van der Waals surface area contributed by atoms with E-state index in [9.17, 15) is 14.8 Å². The van der Waals surface area contributed by atoms with Crippen LogP contribution in [0.3, 0.4) is 0 Å². The maximum absolute atomic E-state index is 12.0. The quantitative estimate of drug-likeness (QED) is 0.380. The van der Waals surface area contributed by atoms with Gasteiger partial charge in [-0.1, -0.05) is 24.3 Å². The van der Waals surface area contributed by atoms with Gasteiger partial charge < -0.3 is 14.7 Å². The third-order valence-corrected chi connectivity index (χ3v) is 5.32. The maximum atomic E-state index is 12.0. The van der Waals surface area contributed by atoms with Crippen LogP contribution in [-0.2, 0) is 9.59 Å². The zero-order valence-electron chi connectivity index (χ0n) is 18.8. The number of nitrogens with zero attached hydrogens (tertiary/aromatic N) is 1. The zero-order valence-corrected chi connectivity index (χ0v) is 18.8. The third-order valence-electron chi connectivity index (χ3n) is 5.32. The lowest BCUT2D eigenvalue weighted by molar-refractivity contribution is -0.254. The summed E-state index contributed by atoms with van der Waals surface area (Å²) in [6, 6.07) is 5.37. The number of benzene rings is 1. The van der Waals surface area contributed by atoms with Crippen LogP contribution in [-0.4, -0.2) is 46.1 Å². The molecule has 0 amide bonds. The number of methoxy groups -OCH3 is 1. The molecule has 164 valence electrons. The first-order valence-corrected chi connectivity index (χ1v) is 10.2. The zero-order chi connectivity index (χ0) is 22.5. The average Bonchev–Trinajstić information content (AvgIpc) is 2.68. The summed E-state index contributed by atoms with van der Waals surface area (Å²) < 4.78 is 11.7. The van der Waals surface area contributed by atoms with Crippen molar-refractivity contribution in [1.82, 2.24) is 5.06 Å². The Bertz CT molecular complexity index is 820. The predicted molar refractivity (Wildman–Crippen MR) is 117 cm³/mol. The molecule has 0 radical (unpaired) electrons. The number of carbonyl (C=O) groups excluding carboxylic acids is 2. The van der Waals surface area contributed by atoms with Gasteiger partial charge in [0.05, 0.1) is 7.11 Å². The molecule has 6 nitrogen and oxygen atoms in total. The molecule has 1 aliphatic heterocycles. The fourth-order valence-corrected chi connectivity index (χ4v) is 3.92. The molecule has 0 atom stereocenters. The van der Waals surface area contributed by atoms with Crippen molar-refractivity contribution < 1.29 is 24.3 Å². The topological polar surface area (TPSA) is 76.1 Å². The third kappa shape index (κ3) is 5.80. The number of allylic oxidation sites excluding steroid dienone is 3. The first-order valence-electron chi connectivity index (χ1n) is 10.2. The number of ether oxygens (including phenoxy) is 2. The van der Waals surface area contributed by atoms with E-state index in [1.54, 1.807) is 50.5 Å². The molecule has 0 unspecified atom stereocenters. The SMILES string of the molecule is C/C=C\CC(=O)C(=O)/C=C/c1ccc(OC)c(OC2CC(C)(C)N(O)C(C)(C)C2)c1. The fraction of sp³-hybridized carbons (Fsp3) is 0.500. The van der Waals surface area contributed by atoms with E-state index < -0.39 is 22.6 Å². The van der Waals surface area contributed by atoms with Crippen molar-refractivity contribution in [2.24, 2.45) is 0 Å². The van der Waals surface area contributed by atoms with Gasteiger partial charge in [0.2, 0.25) is 11.6 Å². The number of Topliss-reactive ketones (excluding diaryl/α,β-unsaturated/α-hetero) is 1. The maximum Gasteiger partial charge on any atom is 0.221 e. The van der Waals surface area contributed by atoms with Gasteiger partial charge in [-0.25, -0.2) is 0 Å². The Balaban J connectivity index is 2.20. The lowest BCUT2D eigenvalue weighted by atomic mass is 9.80. The molecule has 0 spiro atoms. The van der Waals surface area contributed by atoms with E-state index in [4.69, 9.17) is 9.47 Å². The summed E-state index contributed by atoms with van der Waals surface area (Å²) in [6.45, 7) is 9.74. The molecule has 2 rings (SSSR count). The second-order valence-corrected chi connectivity index (χ2v) is 8.89. The van der Waals surface area contributed by atoms with Crippen molar-refractivity contribution >= 4 is 17.6 Å². The molecule has 0 aromatic heterocycles. The van der Waals surface area contributed by atoms with E-state index >= 15 is 0 Å². The second-order valence-electron chi connectivity index (χ2n) is 8.89. The fourth-order valence-electron chi connectivity index (χ4n) is 3.92. The van der Waals surface area contributed by atoms with Crippen LogP contribution in [0.4, 0.5) is 0 Å². The second kappa shape index (κ2) is 9.58. The number of hydrogen-bond donors (Lipinski definition) is 1. The Morgan fingerprint density at radius 3 is 2.37 bits per heavy atom. The molecule has 1 aromatic carbocycles. The van der Waals surface area contributed by atoms with Gasteiger partial charge in [-0.15, -0.1) is 0 Å². The first kappa shape index (κ1) is 23.8. The molecule has 1 fully saturated rings. The number of hydroxylamine groups is 2. The molecule has 0 bridgehead atoms. The van der Waals surface area contributed by atoms with Gasteiger partial charge in [0, 0.05) is 30.3 Å². The molecule has 6 heteroatoms. The first-order chi connectivity index (χ1) is 14.0. The van der Waals surface area contributed by atoms with E-state index in [0.717, 1.165) is 5.56 Å². The monoisotopic (exact) mass is 415 g/mol. The van der Waals surface area contributed by atoms with Crippen molar-refractivity contribution in [3.63, 3.8) is 0 Å². The standard InChI is InChI=1S/C24H33NO5/c1-7-8-9-19(26)20(27)12-10-17-11-13-21(29-6)22(14-17)30-18-15-23(2,3)25(28)24(4,5)16-18/h7-8,10-14,18,28H,9,15-16H2,1-6H3/b8-7-,12-10+. The van der Waals surface area contributed by atoms with Gasteiger partial charge in [0.25, 0.3) is 0 Å². The van der Waals surface area contributed by atoms with E-state index in [-0.39, 0.29) is 12.5 Å². The highest BCUT2D eigenvalue weighted by molar-refractivity contribution is 6.42. The summed E-state index contributed by atoms with van der Waals surface area (Å²) in [6.07, 6.45) is 7.57. The van der Waals surface area contributed by atoms with Crippen LogP contribution < -0.4 is 9.47 Å². The van der Waals surface area contributed by atoms with Crippen molar-refractivity contribution in [2.45, 2.75) is 71.1 Å². The van der Waals surface area contributed by atoms with Crippen LogP contribution in [0.25, 0.3) is 6.08 Å². The Labute approximate surface area is 179 Å². The number of rotatable bonds is 8. The largest absolute Gasteiger partial charge is 0.493 e. The van der Waals surface area contributed by atoms with Crippen molar-refractivity contribution in [1.29, 1.82) is 0 Å². The smallest absolute Gasteiger partial charge is 0.221 e. The van der Waals surface area contributed by atoms with E-state index in [1.807, 2.05) is 27.7 Å². The van der Waals surface area contributed by atoms with Crippen molar-refractivity contribution in [2.75, 3.05) is 7.11 Å². The van der Waals surface area contributed by atoms with E-state index in [2.05, 4.69) is 0 Å². The van der Waals surface area contributed by atoms with Gasteiger partial charge in [0.1, 0.15) is 6.10 Å². The highest BCUT2D eigenvalue weighted by Crippen LogP contribution is 2.40. The Kier molecular flexibility index (Phi) is 7.61. The molecule has 1 N–H and O–H groups in total.